The van der Waals surface area contributed by atoms with Gasteiger partial charge >= 0.3 is 0 Å². The molecule has 0 aliphatic heterocycles. The van der Waals surface area contributed by atoms with Crippen LogP contribution in [0.25, 0.3) is 22.0 Å². The van der Waals surface area contributed by atoms with E-state index in [9.17, 15) is 4.79 Å². The lowest BCUT2D eigenvalue weighted by molar-refractivity contribution is -0.118. The molecule has 2 heterocycles. The van der Waals surface area contributed by atoms with Crippen LogP contribution < -0.4 is 5.32 Å². The number of carbonyl (C=O) groups excluding carboxylic acids is 1. The third-order valence-corrected chi connectivity index (χ3v) is 4.22. The van der Waals surface area contributed by atoms with Crippen molar-refractivity contribution in [1.29, 1.82) is 0 Å². The van der Waals surface area contributed by atoms with Crippen LogP contribution in [0, 0.1) is 5.92 Å². The number of nitrogens with one attached hydrogen (secondary N) is 1. The molecule has 1 amide bonds. The van der Waals surface area contributed by atoms with Crippen LogP contribution in [0.15, 0.2) is 30.3 Å². The van der Waals surface area contributed by atoms with Gasteiger partial charge in [0.15, 0.2) is 11.0 Å². The minimum absolute atomic E-state index is 0.0685. The molecule has 23 heavy (non-hydrogen) atoms. The number of hydrogen-bond donors (Lipinski definition) is 1. The number of amides is 1. The zero-order valence-electron chi connectivity index (χ0n) is 13.0. The van der Waals surface area contributed by atoms with E-state index in [1.807, 2.05) is 44.2 Å². The molecule has 0 bridgehead atoms. The van der Waals surface area contributed by atoms with Gasteiger partial charge in [-0.25, -0.2) is 9.67 Å². The highest BCUT2D eigenvalue weighted by molar-refractivity contribution is 7.19. The maximum atomic E-state index is 11.9. The molecule has 0 radical (unpaired) electrons. The van der Waals surface area contributed by atoms with Gasteiger partial charge in [-0.2, -0.15) is 0 Å². The van der Waals surface area contributed by atoms with Crippen molar-refractivity contribution in [2.75, 3.05) is 5.32 Å². The Kier molecular flexibility index (Phi) is 4.16. The molecule has 0 fully saturated rings. The molecule has 0 unspecified atom stereocenters. The summed E-state index contributed by atoms with van der Waals surface area (Å²) in [5.74, 6) is 0.437. The Labute approximate surface area is 137 Å². The van der Waals surface area contributed by atoms with Gasteiger partial charge in [0.25, 0.3) is 0 Å². The molecule has 0 aliphatic rings. The quantitative estimate of drug-likeness (QED) is 0.795. The van der Waals surface area contributed by atoms with E-state index < -0.39 is 0 Å². The Morgan fingerprint density at radius 2 is 2.00 bits per heavy atom. The Hall–Kier alpha value is -2.61. The number of benzene rings is 1. The van der Waals surface area contributed by atoms with E-state index in [0.29, 0.717) is 11.0 Å². The molecule has 1 N–H and O–H groups in total. The van der Waals surface area contributed by atoms with Crippen molar-refractivity contribution in [3.05, 3.63) is 30.3 Å². The number of aromatic nitrogens is 5. The van der Waals surface area contributed by atoms with Crippen molar-refractivity contribution in [2.45, 2.75) is 13.8 Å². The fourth-order valence-corrected chi connectivity index (χ4v) is 2.99. The van der Waals surface area contributed by atoms with Gasteiger partial charge in [0.1, 0.15) is 4.88 Å². The first-order valence-corrected chi connectivity index (χ1v) is 7.97. The highest BCUT2D eigenvalue weighted by Gasteiger charge is 2.20. The van der Waals surface area contributed by atoms with E-state index in [0.717, 1.165) is 16.1 Å². The van der Waals surface area contributed by atoms with Gasteiger partial charge in [-0.3, -0.25) is 4.79 Å². The van der Waals surface area contributed by atoms with Gasteiger partial charge in [0, 0.05) is 18.5 Å². The maximum absolute atomic E-state index is 11.9. The fourth-order valence-electron chi connectivity index (χ4n) is 1.99. The molecule has 0 aliphatic carbocycles. The molecule has 0 spiro atoms. The Balaban J connectivity index is 2.08. The van der Waals surface area contributed by atoms with Crippen LogP contribution in [0.4, 0.5) is 5.13 Å². The summed E-state index contributed by atoms with van der Waals surface area (Å²) in [5, 5.41) is 15.0. The summed E-state index contributed by atoms with van der Waals surface area (Å²) in [6, 6.07) is 9.77. The summed E-state index contributed by atoms with van der Waals surface area (Å²) in [7, 11) is 1.77. The van der Waals surface area contributed by atoms with Gasteiger partial charge in [-0.15, -0.1) is 5.10 Å². The molecule has 3 aromatic rings. The zero-order chi connectivity index (χ0) is 16.4. The zero-order valence-corrected chi connectivity index (χ0v) is 13.8. The lowest BCUT2D eigenvalue weighted by atomic mass is 10.1. The minimum atomic E-state index is -0.112. The first-order chi connectivity index (χ1) is 11.1. The third kappa shape index (κ3) is 3.11. The number of thiazole rings is 1. The predicted molar refractivity (Wildman–Crippen MR) is 88.8 cm³/mol. The number of aryl methyl sites for hydroxylation is 1. The standard InChI is InChI=1S/C15H16N6OS/c1-9(2)14(22)17-15-16-11(10-7-5-4-6-8-10)12(23-15)13-18-19-20-21(13)3/h4-9H,1-3H3,(H,16,17,22). The summed E-state index contributed by atoms with van der Waals surface area (Å²) in [5.41, 5.74) is 1.71. The summed E-state index contributed by atoms with van der Waals surface area (Å²) < 4.78 is 1.59. The monoisotopic (exact) mass is 328 g/mol. The second-order valence-electron chi connectivity index (χ2n) is 5.33. The molecule has 0 saturated carbocycles. The fraction of sp³-hybridized carbons (Fsp3) is 0.267. The predicted octanol–water partition coefficient (Wildman–Crippen LogP) is 2.60. The number of nitrogens with zero attached hydrogens (tertiary/aromatic N) is 5. The van der Waals surface area contributed by atoms with Crippen LogP contribution >= 0.6 is 11.3 Å². The minimum Gasteiger partial charge on any atom is -0.302 e. The average Bonchev–Trinajstić information content (AvgIpc) is 3.14. The Morgan fingerprint density at radius 3 is 2.61 bits per heavy atom. The number of tetrazole rings is 1. The second-order valence-corrected chi connectivity index (χ2v) is 6.33. The van der Waals surface area contributed by atoms with E-state index in [4.69, 9.17) is 0 Å². The molecule has 3 rings (SSSR count). The molecule has 1 aromatic carbocycles. The van der Waals surface area contributed by atoms with Crippen LogP contribution in [0.5, 0.6) is 0 Å². The smallest absolute Gasteiger partial charge is 0.228 e. The summed E-state index contributed by atoms with van der Waals surface area (Å²) in [6.45, 7) is 3.68. The molecule has 8 heteroatoms. The molecule has 2 aromatic heterocycles. The average molecular weight is 328 g/mol. The largest absolute Gasteiger partial charge is 0.302 e. The SMILES string of the molecule is CC(C)C(=O)Nc1nc(-c2ccccc2)c(-c2nnnn2C)s1. The number of rotatable bonds is 4. The van der Waals surface area contributed by atoms with Crippen LogP contribution in [0.3, 0.4) is 0 Å². The topological polar surface area (TPSA) is 85.6 Å². The molecule has 118 valence electrons. The lowest BCUT2D eigenvalue weighted by Gasteiger charge is -2.03. The van der Waals surface area contributed by atoms with Crippen molar-refractivity contribution >= 4 is 22.4 Å². The highest BCUT2D eigenvalue weighted by Crippen LogP contribution is 2.37. The summed E-state index contributed by atoms with van der Waals surface area (Å²) in [4.78, 5) is 17.3. The van der Waals surface area contributed by atoms with Gasteiger partial charge < -0.3 is 5.32 Å². The Bertz CT molecular complexity index is 824. The van der Waals surface area contributed by atoms with Crippen molar-refractivity contribution in [2.24, 2.45) is 13.0 Å². The van der Waals surface area contributed by atoms with E-state index in [1.54, 1.807) is 11.7 Å². The normalized spacial score (nSPS) is 11.0. The molecule has 0 atom stereocenters. The molecular weight excluding hydrogens is 312 g/mol. The molecular formula is C15H16N6OS. The second kappa shape index (κ2) is 6.25. The van der Waals surface area contributed by atoms with Gasteiger partial charge in [0.05, 0.1) is 5.69 Å². The highest BCUT2D eigenvalue weighted by atomic mass is 32.1. The van der Waals surface area contributed by atoms with Gasteiger partial charge in [-0.1, -0.05) is 55.5 Å². The first-order valence-electron chi connectivity index (χ1n) is 7.16. The summed E-state index contributed by atoms with van der Waals surface area (Å²) >= 11 is 1.37. The van der Waals surface area contributed by atoms with E-state index >= 15 is 0 Å². The molecule has 7 nitrogen and oxygen atoms in total. The van der Waals surface area contributed by atoms with E-state index in [2.05, 4.69) is 25.8 Å². The van der Waals surface area contributed by atoms with Crippen LogP contribution in [-0.2, 0) is 11.8 Å². The van der Waals surface area contributed by atoms with Crippen molar-refractivity contribution in [3.63, 3.8) is 0 Å². The molecule has 0 saturated heterocycles. The van der Waals surface area contributed by atoms with Crippen molar-refractivity contribution in [3.8, 4) is 22.0 Å². The first kappa shape index (κ1) is 15.3. The number of anilines is 1. The van der Waals surface area contributed by atoms with Crippen molar-refractivity contribution < 1.29 is 4.79 Å². The third-order valence-electron chi connectivity index (χ3n) is 3.25. The number of carbonyl (C=O) groups is 1. The van der Waals surface area contributed by atoms with Gasteiger partial charge in [0.2, 0.25) is 5.91 Å². The van der Waals surface area contributed by atoms with Gasteiger partial charge in [-0.05, 0) is 10.4 Å². The lowest BCUT2D eigenvalue weighted by Crippen LogP contribution is -2.17. The van der Waals surface area contributed by atoms with Crippen LogP contribution in [-0.4, -0.2) is 31.1 Å². The summed E-state index contributed by atoms with van der Waals surface area (Å²) in [6.07, 6.45) is 0. The number of hydrogen-bond acceptors (Lipinski definition) is 6. The Morgan fingerprint density at radius 1 is 1.26 bits per heavy atom. The maximum Gasteiger partial charge on any atom is 0.228 e. The van der Waals surface area contributed by atoms with Crippen LogP contribution in [0.2, 0.25) is 0 Å². The van der Waals surface area contributed by atoms with E-state index in [1.165, 1.54) is 11.3 Å². The van der Waals surface area contributed by atoms with E-state index in [-0.39, 0.29) is 11.8 Å². The van der Waals surface area contributed by atoms with Crippen molar-refractivity contribution in [1.82, 2.24) is 25.2 Å². The van der Waals surface area contributed by atoms with Crippen LogP contribution in [0.1, 0.15) is 13.8 Å².